The van der Waals surface area contributed by atoms with Gasteiger partial charge in [0.25, 0.3) is 5.88 Å². The minimum Gasteiger partial charge on any atom is -0.491 e. The normalized spacial score (nSPS) is 11.1. The minimum atomic E-state index is -0.135. The molecule has 1 aromatic carbocycles. The van der Waals surface area contributed by atoms with E-state index in [1.807, 2.05) is 36.6 Å². The van der Waals surface area contributed by atoms with Crippen molar-refractivity contribution in [3.63, 3.8) is 0 Å². The van der Waals surface area contributed by atoms with Crippen LogP contribution in [0.4, 0.5) is 11.5 Å². The van der Waals surface area contributed by atoms with Crippen molar-refractivity contribution in [3.05, 3.63) is 30.3 Å². The van der Waals surface area contributed by atoms with Gasteiger partial charge in [-0.05, 0) is 18.4 Å². The first-order valence-corrected chi connectivity index (χ1v) is 5.82. The van der Waals surface area contributed by atoms with E-state index in [-0.39, 0.29) is 11.7 Å². The lowest BCUT2D eigenvalue weighted by Gasteiger charge is -1.89. The van der Waals surface area contributed by atoms with E-state index < -0.39 is 0 Å². The van der Waals surface area contributed by atoms with Crippen LogP contribution >= 0.6 is 11.8 Å². The van der Waals surface area contributed by atoms with Gasteiger partial charge in [0, 0.05) is 0 Å². The first-order valence-electron chi connectivity index (χ1n) is 4.59. The van der Waals surface area contributed by atoms with Crippen LogP contribution in [0.5, 0.6) is 5.88 Å². The molecule has 0 aliphatic rings. The first kappa shape index (κ1) is 10.7. The second-order valence-electron chi connectivity index (χ2n) is 2.95. The Labute approximate surface area is 96.6 Å². The van der Waals surface area contributed by atoms with E-state index in [2.05, 4.69) is 20.2 Å². The number of H-pyrrole nitrogens is 1. The van der Waals surface area contributed by atoms with Crippen LogP contribution < -0.4 is 0 Å². The Bertz CT molecular complexity index is 495. The number of azo groups is 1. The number of thioether (sulfide) groups is 1. The molecule has 6 heteroatoms. The van der Waals surface area contributed by atoms with Crippen molar-refractivity contribution in [2.45, 2.75) is 5.16 Å². The molecule has 0 amide bonds. The number of benzene rings is 1. The molecule has 1 heterocycles. The Morgan fingerprint density at radius 1 is 1.25 bits per heavy atom. The SMILES string of the molecule is CSc1nc(O)c(N=Nc2ccccc2)[nH]1. The number of aromatic hydroxyl groups is 1. The summed E-state index contributed by atoms with van der Waals surface area (Å²) in [6, 6.07) is 9.29. The summed E-state index contributed by atoms with van der Waals surface area (Å²) in [5.74, 6) is 0.136. The standard InChI is InChI=1S/C10H10N4OS/c1-16-10-11-8(9(15)12-10)14-13-7-5-3-2-4-6-7/h2-6,15H,1H3,(H,11,12). The largest absolute Gasteiger partial charge is 0.491 e. The van der Waals surface area contributed by atoms with Crippen molar-refractivity contribution in [3.8, 4) is 5.88 Å². The van der Waals surface area contributed by atoms with Crippen LogP contribution in [0.3, 0.4) is 0 Å². The van der Waals surface area contributed by atoms with Crippen LogP contribution in [0.25, 0.3) is 0 Å². The molecule has 2 N–H and O–H groups in total. The van der Waals surface area contributed by atoms with Crippen LogP contribution in [-0.2, 0) is 0 Å². The van der Waals surface area contributed by atoms with E-state index in [0.29, 0.717) is 5.16 Å². The van der Waals surface area contributed by atoms with Crippen LogP contribution in [0.1, 0.15) is 0 Å². The Balaban J connectivity index is 2.20. The van der Waals surface area contributed by atoms with Crippen LogP contribution in [0.15, 0.2) is 45.7 Å². The highest BCUT2D eigenvalue weighted by Crippen LogP contribution is 2.27. The molecular formula is C10H10N4OS. The van der Waals surface area contributed by atoms with Crippen LogP contribution in [-0.4, -0.2) is 21.3 Å². The third-order valence-corrected chi connectivity index (χ3v) is 2.44. The highest BCUT2D eigenvalue weighted by Gasteiger charge is 2.06. The lowest BCUT2D eigenvalue weighted by atomic mass is 10.3. The second-order valence-corrected chi connectivity index (χ2v) is 3.75. The van der Waals surface area contributed by atoms with Gasteiger partial charge in [-0.2, -0.15) is 4.98 Å². The molecule has 0 unspecified atom stereocenters. The fourth-order valence-corrected chi connectivity index (χ4v) is 1.48. The Morgan fingerprint density at radius 2 is 2.00 bits per heavy atom. The van der Waals surface area contributed by atoms with Crippen LogP contribution in [0.2, 0.25) is 0 Å². The smallest absolute Gasteiger partial charge is 0.259 e. The van der Waals surface area contributed by atoms with E-state index in [4.69, 9.17) is 0 Å². The van der Waals surface area contributed by atoms with E-state index in [9.17, 15) is 5.11 Å². The molecule has 0 radical (unpaired) electrons. The molecule has 82 valence electrons. The lowest BCUT2D eigenvalue weighted by molar-refractivity contribution is 0.455. The number of aromatic amines is 1. The van der Waals surface area contributed by atoms with E-state index in [0.717, 1.165) is 5.69 Å². The van der Waals surface area contributed by atoms with Gasteiger partial charge in [-0.25, -0.2) is 0 Å². The monoisotopic (exact) mass is 234 g/mol. The molecule has 0 fully saturated rings. The molecule has 0 aliphatic carbocycles. The molecule has 16 heavy (non-hydrogen) atoms. The van der Waals surface area contributed by atoms with Crippen molar-refractivity contribution in [2.75, 3.05) is 6.26 Å². The van der Waals surface area contributed by atoms with Gasteiger partial charge in [-0.15, -0.1) is 10.2 Å². The van der Waals surface area contributed by atoms with Gasteiger partial charge < -0.3 is 10.1 Å². The summed E-state index contributed by atoms with van der Waals surface area (Å²) in [6.45, 7) is 0. The summed E-state index contributed by atoms with van der Waals surface area (Å²) >= 11 is 1.40. The molecule has 2 rings (SSSR count). The predicted molar refractivity (Wildman–Crippen MR) is 62.7 cm³/mol. The van der Waals surface area contributed by atoms with E-state index in [1.165, 1.54) is 11.8 Å². The predicted octanol–water partition coefficient (Wildman–Crippen LogP) is 3.25. The highest BCUT2D eigenvalue weighted by atomic mass is 32.2. The summed E-state index contributed by atoms with van der Waals surface area (Å²) in [4.78, 5) is 6.69. The topological polar surface area (TPSA) is 73.6 Å². The number of rotatable bonds is 3. The number of hydrogen-bond acceptors (Lipinski definition) is 5. The zero-order chi connectivity index (χ0) is 11.4. The zero-order valence-corrected chi connectivity index (χ0v) is 9.40. The van der Waals surface area contributed by atoms with E-state index >= 15 is 0 Å². The second kappa shape index (κ2) is 4.80. The Hall–Kier alpha value is -1.82. The molecular weight excluding hydrogens is 224 g/mol. The highest BCUT2D eigenvalue weighted by molar-refractivity contribution is 7.98. The van der Waals surface area contributed by atoms with Gasteiger partial charge in [-0.1, -0.05) is 30.0 Å². The third kappa shape index (κ3) is 2.40. The molecule has 1 aromatic heterocycles. The average Bonchev–Trinajstić information content (AvgIpc) is 2.69. The van der Waals surface area contributed by atoms with Gasteiger partial charge in [0.05, 0.1) is 5.69 Å². The number of imidazole rings is 1. The summed E-state index contributed by atoms with van der Waals surface area (Å²) in [7, 11) is 0. The number of nitrogens with zero attached hydrogens (tertiary/aromatic N) is 3. The molecule has 0 bridgehead atoms. The molecule has 0 saturated carbocycles. The van der Waals surface area contributed by atoms with Gasteiger partial charge >= 0.3 is 0 Å². The van der Waals surface area contributed by atoms with Gasteiger partial charge in [0.1, 0.15) is 0 Å². The van der Waals surface area contributed by atoms with Crippen molar-refractivity contribution < 1.29 is 5.11 Å². The van der Waals surface area contributed by atoms with Crippen molar-refractivity contribution >= 4 is 23.3 Å². The molecule has 2 aromatic rings. The molecule has 0 atom stereocenters. The fourth-order valence-electron chi connectivity index (χ4n) is 1.10. The van der Waals surface area contributed by atoms with Gasteiger partial charge in [0.2, 0.25) is 5.82 Å². The quantitative estimate of drug-likeness (QED) is 0.632. The molecule has 0 spiro atoms. The Kier molecular flexibility index (Phi) is 3.21. The van der Waals surface area contributed by atoms with Crippen molar-refractivity contribution in [2.24, 2.45) is 10.2 Å². The zero-order valence-electron chi connectivity index (χ0n) is 8.58. The Morgan fingerprint density at radius 3 is 2.62 bits per heavy atom. The molecule has 5 nitrogen and oxygen atoms in total. The summed E-state index contributed by atoms with van der Waals surface area (Å²) < 4.78 is 0. The third-order valence-electron chi connectivity index (χ3n) is 1.86. The average molecular weight is 234 g/mol. The fraction of sp³-hybridized carbons (Fsp3) is 0.100. The molecule has 0 saturated heterocycles. The first-order chi connectivity index (χ1) is 7.79. The van der Waals surface area contributed by atoms with Crippen molar-refractivity contribution in [1.29, 1.82) is 0 Å². The maximum absolute atomic E-state index is 9.43. The molecule has 0 aliphatic heterocycles. The maximum atomic E-state index is 9.43. The van der Waals surface area contributed by atoms with E-state index in [1.54, 1.807) is 0 Å². The summed E-state index contributed by atoms with van der Waals surface area (Å²) in [5, 5.41) is 17.9. The van der Waals surface area contributed by atoms with Gasteiger partial charge in [0.15, 0.2) is 5.16 Å². The van der Waals surface area contributed by atoms with Crippen LogP contribution in [0, 0.1) is 0 Å². The number of hydrogen-bond donors (Lipinski definition) is 2. The maximum Gasteiger partial charge on any atom is 0.259 e. The number of aromatic nitrogens is 2. The summed E-state index contributed by atoms with van der Waals surface area (Å²) in [5.41, 5.74) is 0.724. The lowest BCUT2D eigenvalue weighted by Crippen LogP contribution is -1.68. The number of nitrogens with one attached hydrogen (secondary N) is 1. The van der Waals surface area contributed by atoms with Gasteiger partial charge in [-0.3, -0.25) is 0 Å². The summed E-state index contributed by atoms with van der Waals surface area (Å²) in [6.07, 6.45) is 1.86. The minimum absolute atomic E-state index is 0.135. The van der Waals surface area contributed by atoms with Crippen molar-refractivity contribution in [1.82, 2.24) is 9.97 Å².